The summed E-state index contributed by atoms with van der Waals surface area (Å²) in [5, 5.41) is 2.28. The lowest BCUT2D eigenvalue weighted by molar-refractivity contribution is 1.07. The molecule has 5 heteroatoms. The van der Waals surface area contributed by atoms with Crippen LogP contribution in [0.2, 0.25) is 0 Å². The van der Waals surface area contributed by atoms with E-state index in [2.05, 4.69) is 85.8 Å². The maximum Gasteiger partial charge on any atom is 0.164 e. The zero-order valence-corrected chi connectivity index (χ0v) is 26.2. The molecule has 0 radical (unpaired) electrons. The number of fused-ring (bicyclic) bond motifs is 3. The van der Waals surface area contributed by atoms with Crippen molar-refractivity contribution in [2.45, 2.75) is 20.3 Å². The van der Waals surface area contributed by atoms with Crippen LogP contribution in [0.25, 0.3) is 78.4 Å². The first-order valence-corrected chi connectivity index (χ1v) is 15.9. The van der Waals surface area contributed by atoms with E-state index in [0.29, 0.717) is 17.5 Å². The zero-order valence-electron chi connectivity index (χ0n) is 26.2. The summed E-state index contributed by atoms with van der Waals surface area (Å²) in [4.78, 5) is 24.6. The SMILES string of the molecule is CCc1cc(-c2ccc(-c3ccc(-c4nc(-c5ccccc5)nc(-c5ccccc5)n4)cc3)cc2)nc2c1ccc1ccc(C)nc12. The van der Waals surface area contributed by atoms with Crippen molar-refractivity contribution in [2.75, 3.05) is 0 Å². The minimum Gasteiger partial charge on any atom is -0.251 e. The van der Waals surface area contributed by atoms with Crippen LogP contribution < -0.4 is 0 Å². The lowest BCUT2D eigenvalue weighted by atomic mass is 9.98. The van der Waals surface area contributed by atoms with Crippen molar-refractivity contribution in [2.24, 2.45) is 0 Å². The standard InChI is InChI=1S/C42H31N5/c1-3-28-26-37(44-39-36(28)25-24-32-15-14-27(2)43-38(32)39)31-20-16-29(17-21-31)30-18-22-35(23-19-30)42-46-40(33-10-6-4-7-11-33)45-41(47-42)34-12-8-5-9-13-34/h4-26H,3H2,1-2H3. The smallest absolute Gasteiger partial charge is 0.164 e. The Hall–Kier alpha value is -6.07. The Labute approximate surface area is 273 Å². The average molecular weight is 606 g/mol. The Kier molecular flexibility index (Phi) is 7.27. The summed E-state index contributed by atoms with van der Waals surface area (Å²) in [5.41, 5.74) is 11.3. The van der Waals surface area contributed by atoms with Crippen molar-refractivity contribution in [1.29, 1.82) is 0 Å². The first-order valence-electron chi connectivity index (χ1n) is 15.9. The molecule has 0 fully saturated rings. The van der Waals surface area contributed by atoms with Gasteiger partial charge in [-0.1, -0.05) is 134 Å². The van der Waals surface area contributed by atoms with Gasteiger partial charge in [-0.3, -0.25) is 4.98 Å². The first kappa shape index (κ1) is 28.4. The van der Waals surface area contributed by atoms with Crippen LogP contribution in [0.4, 0.5) is 0 Å². The molecule has 5 nitrogen and oxygen atoms in total. The average Bonchev–Trinajstić information content (AvgIpc) is 3.15. The van der Waals surface area contributed by atoms with E-state index in [0.717, 1.165) is 67.6 Å². The maximum atomic E-state index is 5.15. The van der Waals surface area contributed by atoms with Gasteiger partial charge in [0, 0.05) is 38.7 Å². The van der Waals surface area contributed by atoms with Gasteiger partial charge in [0.1, 0.15) is 0 Å². The van der Waals surface area contributed by atoms with Crippen LogP contribution in [0.5, 0.6) is 0 Å². The van der Waals surface area contributed by atoms with Crippen LogP contribution in [0.1, 0.15) is 18.2 Å². The minimum absolute atomic E-state index is 0.644. The topological polar surface area (TPSA) is 64.5 Å². The van der Waals surface area contributed by atoms with Crippen LogP contribution in [0.3, 0.4) is 0 Å². The highest BCUT2D eigenvalue weighted by atomic mass is 15.0. The molecule has 8 rings (SSSR count). The molecule has 0 atom stereocenters. The Balaban J connectivity index is 1.13. The van der Waals surface area contributed by atoms with Crippen molar-refractivity contribution >= 4 is 21.8 Å². The summed E-state index contributed by atoms with van der Waals surface area (Å²) in [5.74, 6) is 1.95. The van der Waals surface area contributed by atoms with Crippen molar-refractivity contribution in [1.82, 2.24) is 24.9 Å². The van der Waals surface area contributed by atoms with Crippen molar-refractivity contribution < 1.29 is 0 Å². The third-order valence-corrected chi connectivity index (χ3v) is 8.60. The third kappa shape index (κ3) is 5.53. The molecule has 224 valence electrons. The van der Waals surface area contributed by atoms with Gasteiger partial charge in [0.05, 0.1) is 16.7 Å². The molecule has 3 heterocycles. The number of pyridine rings is 2. The van der Waals surface area contributed by atoms with Gasteiger partial charge in [-0.05, 0) is 42.2 Å². The van der Waals surface area contributed by atoms with E-state index < -0.39 is 0 Å². The van der Waals surface area contributed by atoms with Crippen molar-refractivity contribution in [3.8, 4) is 56.5 Å². The van der Waals surface area contributed by atoms with Gasteiger partial charge in [-0.15, -0.1) is 0 Å². The van der Waals surface area contributed by atoms with Crippen molar-refractivity contribution in [3.63, 3.8) is 0 Å². The van der Waals surface area contributed by atoms with Gasteiger partial charge >= 0.3 is 0 Å². The van der Waals surface area contributed by atoms with E-state index in [1.165, 1.54) is 10.9 Å². The van der Waals surface area contributed by atoms with Crippen molar-refractivity contribution in [3.05, 3.63) is 151 Å². The molecule has 0 aliphatic rings. The number of rotatable bonds is 6. The van der Waals surface area contributed by atoms with Crippen LogP contribution >= 0.6 is 0 Å². The molecule has 5 aromatic carbocycles. The fraction of sp³-hybridized carbons (Fsp3) is 0.0714. The summed E-state index contributed by atoms with van der Waals surface area (Å²) < 4.78 is 0. The van der Waals surface area contributed by atoms with Crippen LogP contribution in [-0.4, -0.2) is 24.9 Å². The van der Waals surface area contributed by atoms with E-state index in [4.69, 9.17) is 24.9 Å². The Morgan fingerprint density at radius 1 is 0.426 bits per heavy atom. The maximum absolute atomic E-state index is 5.15. The van der Waals surface area contributed by atoms with Gasteiger partial charge in [0.25, 0.3) is 0 Å². The fourth-order valence-electron chi connectivity index (χ4n) is 6.06. The second-order valence-electron chi connectivity index (χ2n) is 11.7. The number of hydrogen-bond donors (Lipinski definition) is 0. The zero-order chi connectivity index (χ0) is 31.7. The lowest BCUT2D eigenvalue weighted by Crippen LogP contribution is -2.00. The Morgan fingerprint density at radius 2 is 0.915 bits per heavy atom. The molecule has 0 saturated carbocycles. The lowest BCUT2D eigenvalue weighted by Gasteiger charge is -2.12. The Morgan fingerprint density at radius 3 is 1.47 bits per heavy atom. The van der Waals surface area contributed by atoms with Crippen LogP contribution in [0, 0.1) is 6.92 Å². The summed E-state index contributed by atoms with van der Waals surface area (Å²) in [6.45, 7) is 4.23. The summed E-state index contributed by atoms with van der Waals surface area (Å²) >= 11 is 0. The highest BCUT2D eigenvalue weighted by Crippen LogP contribution is 2.32. The van der Waals surface area contributed by atoms with Gasteiger partial charge < -0.3 is 0 Å². The predicted molar refractivity (Wildman–Crippen MR) is 192 cm³/mol. The molecule has 0 unspecified atom stereocenters. The number of nitrogens with zero attached hydrogens (tertiary/aromatic N) is 5. The molecule has 0 aliphatic heterocycles. The molecule has 47 heavy (non-hydrogen) atoms. The largest absolute Gasteiger partial charge is 0.251 e. The molecule has 3 aromatic heterocycles. The first-order chi connectivity index (χ1) is 23.1. The molecule has 0 saturated heterocycles. The second-order valence-corrected chi connectivity index (χ2v) is 11.7. The van der Waals surface area contributed by atoms with Gasteiger partial charge in [-0.25, -0.2) is 19.9 Å². The highest BCUT2D eigenvalue weighted by molar-refractivity contribution is 6.04. The Bertz CT molecular complexity index is 2310. The molecular weight excluding hydrogens is 574 g/mol. The molecule has 0 aliphatic carbocycles. The van der Waals surface area contributed by atoms with E-state index in [-0.39, 0.29) is 0 Å². The molecule has 0 amide bonds. The molecular formula is C42H31N5. The van der Waals surface area contributed by atoms with E-state index in [1.807, 2.05) is 67.6 Å². The number of benzene rings is 5. The van der Waals surface area contributed by atoms with E-state index in [1.54, 1.807) is 0 Å². The number of aromatic nitrogens is 5. The molecule has 0 N–H and O–H groups in total. The predicted octanol–water partition coefficient (Wildman–Crippen LogP) is 10.2. The molecule has 0 bridgehead atoms. The molecule has 0 spiro atoms. The van der Waals surface area contributed by atoms with Crippen LogP contribution in [0.15, 0.2) is 140 Å². The highest BCUT2D eigenvalue weighted by Gasteiger charge is 2.14. The molecule has 8 aromatic rings. The fourth-order valence-corrected chi connectivity index (χ4v) is 6.06. The monoisotopic (exact) mass is 605 g/mol. The summed E-state index contributed by atoms with van der Waals surface area (Å²) in [6.07, 6.45) is 0.925. The van der Waals surface area contributed by atoms with Gasteiger partial charge in [0.15, 0.2) is 17.5 Å². The summed E-state index contributed by atoms with van der Waals surface area (Å²) in [7, 11) is 0. The minimum atomic E-state index is 0.644. The number of hydrogen-bond acceptors (Lipinski definition) is 5. The summed E-state index contributed by atoms with van der Waals surface area (Å²) in [6, 6.07) is 47.9. The van der Waals surface area contributed by atoms with Gasteiger partial charge in [0.2, 0.25) is 0 Å². The quantitative estimate of drug-likeness (QED) is 0.177. The second kappa shape index (κ2) is 12.0. The van der Waals surface area contributed by atoms with Gasteiger partial charge in [-0.2, -0.15) is 0 Å². The van der Waals surface area contributed by atoms with Crippen LogP contribution in [-0.2, 0) is 6.42 Å². The normalized spacial score (nSPS) is 11.3. The third-order valence-electron chi connectivity index (χ3n) is 8.60. The van der Waals surface area contributed by atoms with E-state index >= 15 is 0 Å². The van der Waals surface area contributed by atoms with E-state index in [9.17, 15) is 0 Å². The number of aryl methyl sites for hydroxylation is 2.